The zero-order valence-corrected chi connectivity index (χ0v) is 20.1. The van der Waals surface area contributed by atoms with Crippen LogP contribution in [0.2, 0.25) is 0 Å². The van der Waals surface area contributed by atoms with Crippen molar-refractivity contribution in [3.63, 3.8) is 0 Å². The normalized spacial score (nSPS) is 17.8. The molecule has 0 spiro atoms. The number of pyridine rings is 1. The molecule has 1 amide bonds. The van der Waals surface area contributed by atoms with Crippen LogP contribution in [0.25, 0.3) is 5.82 Å². The monoisotopic (exact) mass is 464 g/mol. The summed E-state index contributed by atoms with van der Waals surface area (Å²) in [7, 11) is 1.84. The van der Waals surface area contributed by atoms with Crippen LogP contribution >= 0.6 is 0 Å². The van der Waals surface area contributed by atoms with Gasteiger partial charge in [0.15, 0.2) is 5.82 Å². The third kappa shape index (κ3) is 5.87. The summed E-state index contributed by atoms with van der Waals surface area (Å²) in [6.07, 6.45) is 6.70. The van der Waals surface area contributed by atoms with Crippen LogP contribution in [0.4, 0.5) is 4.39 Å². The molecule has 7 nitrogen and oxygen atoms in total. The summed E-state index contributed by atoms with van der Waals surface area (Å²) >= 11 is 0. The number of carbonyl (C=O) groups is 1. The fraction of sp³-hybridized carbons (Fsp3) is 0.423. The van der Waals surface area contributed by atoms with Crippen LogP contribution in [-0.2, 0) is 0 Å². The van der Waals surface area contributed by atoms with Crippen LogP contribution in [0.15, 0.2) is 48.7 Å². The molecule has 3 aromatic rings. The van der Waals surface area contributed by atoms with Gasteiger partial charge in [0.1, 0.15) is 5.82 Å². The van der Waals surface area contributed by atoms with Crippen LogP contribution in [-0.4, -0.2) is 45.2 Å². The Morgan fingerprint density at radius 2 is 2.00 bits per heavy atom. The van der Waals surface area contributed by atoms with Gasteiger partial charge in [-0.05, 0) is 69.0 Å². The number of carbonyl (C=O) groups excluding carboxylic acids is 1. The van der Waals surface area contributed by atoms with Gasteiger partial charge in [-0.25, -0.2) is 14.1 Å². The highest BCUT2D eigenvalue weighted by Gasteiger charge is 2.24. The van der Waals surface area contributed by atoms with Gasteiger partial charge in [-0.3, -0.25) is 15.6 Å². The maximum atomic E-state index is 13.5. The summed E-state index contributed by atoms with van der Waals surface area (Å²) in [5, 5.41) is 4.43. The molecule has 4 rings (SSSR count). The molecule has 1 aliphatic heterocycles. The van der Waals surface area contributed by atoms with Crippen molar-refractivity contribution >= 4 is 5.91 Å². The van der Waals surface area contributed by atoms with Crippen molar-refractivity contribution in [3.05, 3.63) is 77.0 Å². The van der Waals surface area contributed by atoms with E-state index >= 15 is 0 Å². The predicted molar refractivity (Wildman–Crippen MR) is 130 cm³/mol. The molecular weight excluding hydrogens is 431 g/mol. The van der Waals surface area contributed by atoms with Gasteiger partial charge < -0.3 is 4.90 Å². The molecule has 0 radical (unpaired) electrons. The number of rotatable bonds is 9. The van der Waals surface area contributed by atoms with Gasteiger partial charge in [0.2, 0.25) is 0 Å². The lowest BCUT2D eigenvalue weighted by molar-refractivity contribution is 0.0792. The van der Waals surface area contributed by atoms with E-state index in [1.165, 1.54) is 6.07 Å². The van der Waals surface area contributed by atoms with Crippen LogP contribution in [0.5, 0.6) is 0 Å². The summed E-state index contributed by atoms with van der Waals surface area (Å²) in [6.45, 7) is 4.64. The average molecular weight is 465 g/mol. The van der Waals surface area contributed by atoms with E-state index in [4.69, 9.17) is 0 Å². The smallest absolute Gasteiger partial charge is 0.255 e. The Bertz CT molecular complexity index is 1110. The maximum Gasteiger partial charge on any atom is 0.255 e. The van der Waals surface area contributed by atoms with Crippen molar-refractivity contribution in [3.8, 4) is 5.82 Å². The topological polar surface area (TPSA) is 75.1 Å². The Kier molecular flexibility index (Phi) is 7.70. The van der Waals surface area contributed by atoms with Crippen LogP contribution in [0.3, 0.4) is 0 Å². The fourth-order valence-electron chi connectivity index (χ4n) is 4.49. The highest BCUT2D eigenvalue weighted by molar-refractivity contribution is 5.93. The predicted octanol–water partition coefficient (Wildman–Crippen LogP) is 4.26. The van der Waals surface area contributed by atoms with Crippen molar-refractivity contribution in [2.75, 3.05) is 13.6 Å². The SMILES string of the molecule is Cc1cc(C)n(-c2ccc(C(=O)N(C)CCCCCC3CC(c4cccc(F)c4)NN3)cn2)n1. The van der Waals surface area contributed by atoms with Crippen molar-refractivity contribution < 1.29 is 9.18 Å². The minimum absolute atomic E-state index is 0.0213. The number of unbranched alkanes of at least 4 members (excludes halogenated alkanes) is 2. The van der Waals surface area contributed by atoms with Gasteiger partial charge in [0.25, 0.3) is 5.91 Å². The zero-order valence-electron chi connectivity index (χ0n) is 20.1. The average Bonchev–Trinajstić information content (AvgIpc) is 3.44. The van der Waals surface area contributed by atoms with Gasteiger partial charge in [0.05, 0.1) is 11.3 Å². The Labute approximate surface area is 200 Å². The summed E-state index contributed by atoms with van der Waals surface area (Å²) in [5.41, 5.74) is 10.1. The van der Waals surface area contributed by atoms with Crippen molar-refractivity contribution in [1.29, 1.82) is 0 Å². The molecule has 2 aromatic heterocycles. The lowest BCUT2D eigenvalue weighted by atomic mass is 9.99. The number of hydrogen-bond acceptors (Lipinski definition) is 5. The Balaban J connectivity index is 1.17. The molecule has 0 aliphatic carbocycles. The highest BCUT2D eigenvalue weighted by atomic mass is 19.1. The molecule has 0 bridgehead atoms. The minimum Gasteiger partial charge on any atom is -0.342 e. The Morgan fingerprint density at radius 1 is 1.15 bits per heavy atom. The first-order valence-corrected chi connectivity index (χ1v) is 11.9. The number of benzene rings is 1. The van der Waals surface area contributed by atoms with Gasteiger partial charge in [-0.2, -0.15) is 5.10 Å². The van der Waals surface area contributed by atoms with Crippen molar-refractivity contribution in [2.45, 2.75) is 58.0 Å². The third-order valence-electron chi connectivity index (χ3n) is 6.35. The zero-order chi connectivity index (χ0) is 24.1. The molecule has 8 heteroatoms. The fourth-order valence-corrected chi connectivity index (χ4v) is 4.49. The molecule has 180 valence electrons. The molecule has 0 saturated carbocycles. The Hall–Kier alpha value is -3.10. The maximum absolute atomic E-state index is 13.5. The van der Waals surface area contributed by atoms with E-state index in [0.29, 0.717) is 24.0 Å². The second-order valence-electron chi connectivity index (χ2n) is 9.15. The molecule has 1 aliphatic rings. The van der Waals surface area contributed by atoms with E-state index in [0.717, 1.165) is 49.1 Å². The quantitative estimate of drug-likeness (QED) is 0.463. The molecule has 3 heterocycles. The van der Waals surface area contributed by atoms with E-state index in [2.05, 4.69) is 20.9 Å². The molecule has 1 aromatic carbocycles. The largest absolute Gasteiger partial charge is 0.342 e. The summed E-state index contributed by atoms with van der Waals surface area (Å²) in [6, 6.07) is 12.9. The van der Waals surface area contributed by atoms with Crippen LogP contribution in [0.1, 0.15) is 65.5 Å². The lowest BCUT2D eigenvalue weighted by Gasteiger charge is -2.17. The number of nitrogens with one attached hydrogen (secondary N) is 2. The summed E-state index contributed by atoms with van der Waals surface area (Å²) in [5.74, 6) is 0.489. The van der Waals surface area contributed by atoms with Crippen molar-refractivity contribution in [2.24, 2.45) is 0 Å². The van der Waals surface area contributed by atoms with E-state index in [9.17, 15) is 9.18 Å². The van der Waals surface area contributed by atoms with Crippen LogP contribution in [0, 0.1) is 19.7 Å². The van der Waals surface area contributed by atoms with E-state index in [-0.39, 0.29) is 17.8 Å². The standard InChI is InChI=1S/C26H33FN6O/c1-18-14-19(2)33(31-18)25-12-11-21(17-28-25)26(34)32(3)13-6-4-5-10-23-16-24(30-29-23)20-8-7-9-22(27)15-20/h7-9,11-12,14-15,17,23-24,29-30H,4-6,10,13,16H2,1-3H3. The minimum atomic E-state index is -0.198. The number of hydrazine groups is 1. The van der Waals surface area contributed by atoms with Crippen molar-refractivity contribution in [1.82, 2.24) is 30.5 Å². The third-order valence-corrected chi connectivity index (χ3v) is 6.35. The molecular formula is C26H33FN6O. The second kappa shape index (κ2) is 10.9. The summed E-state index contributed by atoms with van der Waals surface area (Å²) in [4.78, 5) is 18.9. The number of amides is 1. The molecule has 2 N–H and O–H groups in total. The number of aryl methyl sites for hydroxylation is 2. The lowest BCUT2D eigenvalue weighted by Crippen LogP contribution is -2.31. The van der Waals surface area contributed by atoms with Gasteiger partial charge in [-0.15, -0.1) is 0 Å². The molecule has 34 heavy (non-hydrogen) atoms. The van der Waals surface area contributed by atoms with Gasteiger partial charge >= 0.3 is 0 Å². The van der Waals surface area contributed by atoms with E-state index in [1.54, 1.807) is 27.9 Å². The van der Waals surface area contributed by atoms with Crippen LogP contribution < -0.4 is 10.9 Å². The first-order valence-electron chi connectivity index (χ1n) is 11.9. The summed E-state index contributed by atoms with van der Waals surface area (Å²) < 4.78 is 15.2. The molecule has 1 saturated heterocycles. The number of hydrogen-bond donors (Lipinski definition) is 2. The highest BCUT2D eigenvalue weighted by Crippen LogP contribution is 2.25. The number of halogens is 1. The second-order valence-corrected chi connectivity index (χ2v) is 9.15. The number of aromatic nitrogens is 3. The number of nitrogens with zero attached hydrogens (tertiary/aromatic N) is 4. The molecule has 2 atom stereocenters. The molecule has 2 unspecified atom stereocenters. The van der Waals surface area contributed by atoms with E-state index < -0.39 is 0 Å². The first kappa shape index (κ1) is 24.0. The molecule has 1 fully saturated rings. The van der Waals surface area contributed by atoms with Gasteiger partial charge in [-0.1, -0.05) is 25.0 Å². The van der Waals surface area contributed by atoms with Gasteiger partial charge in [0, 0.05) is 37.6 Å². The Morgan fingerprint density at radius 3 is 2.71 bits per heavy atom. The van der Waals surface area contributed by atoms with E-state index in [1.807, 2.05) is 45.2 Å². The first-order chi connectivity index (χ1) is 16.4.